The first-order chi connectivity index (χ1) is 11.4. The van der Waals surface area contributed by atoms with E-state index in [1.165, 1.54) is 12.1 Å². The van der Waals surface area contributed by atoms with Gasteiger partial charge in [-0.1, -0.05) is 29.8 Å². The molecular weight excluding hydrogens is 331 g/mol. The van der Waals surface area contributed by atoms with E-state index in [0.717, 1.165) is 17.3 Å². The summed E-state index contributed by atoms with van der Waals surface area (Å²) in [7, 11) is 0. The van der Waals surface area contributed by atoms with Crippen LogP contribution in [0.2, 0.25) is 5.02 Å². The normalized spacial score (nSPS) is 10.3. The monoisotopic (exact) mass is 348 g/mol. The van der Waals surface area contributed by atoms with Crippen LogP contribution in [0.3, 0.4) is 0 Å². The van der Waals surface area contributed by atoms with Gasteiger partial charge in [-0.2, -0.15) is 0 Å². The zero-order valence-electron chi connectivity index (χ0n) is 13.5. The lowest BCUT2D eigenvalue weighted by Gasteiger charge is -2.21. The second kappa shape index (κ2) is 7.93. The zero-order valence-corrected chi connectivity index (χ0v) is 14.2. The first kappa shape index (κ1) is 17.9. The van der Waals surface area contributed by atoms with Gasteiger partial charge >= 0.3 is 0 Å². The van der Waals surface area contributed by atoms with Crippen molar-refractivity contribution in [3.05, 3.63) is 64.4 Å². The van der Waals surface area contributed by atoms with Gasteiger partial charge in [0.1, 0.15) is 5.82 Å². The van der Waals surface area contributed by atoms with Crippen LogP contribution in [0, 0.1) is 12.7 Å². The van der Waals surface area contributed by atoms with Gasteiger partial charge in [0.05, 0.1) is 17.1 Å². The molecule has 126 valence electrons. The Morgan fingerprint density at radius 1 is 1.21 bits per heavy atom. The molecular formula is C18H18ClFN2O2. The maximum Gasteiger partial charge on any atom is 0.256 e. The van der Waals surface area contributed by atoms with Gasteiger partial charge in [-0.3, -0.25) is 9.59 Å². The number of halogens is 2. The van der Waals surface area contributed by atoms with Crippen LogP contribution in [0.5, 0.6) is 0 Å². The Morgan fingerprint density at radius 3 is 2.54 bits per heavy atom. The Labute approximate surface area is 145 Å². The number of nitrogens with one attached hydrogen (secondary N) is 1. The molecule has 0 aliphatic heterocycles. The maximum absolute atomic E-state index is 13.7. The molecule has 2 rings (SSSR count). The fourth-order valence-corrected chi connectivity index (χ4v) is 2.60. The van der Waals surface area contributed by atoms with Crippen molar-refractivity contribution in [3.8, 4) is 0 Å². The van der Waals surface area contributed by atoms with E-state index in [0.29, 0.717) is 6.54 Å². The highest BCUT2D eigenvalue weighted by Gasteiger charge is 2.19. The Balaban J connectivity index is 2.07. The number of benzene rings is 2. The molecule has 0 aliphatic rings. The molecule has 2 aromatic carbocycles. The van der Waals surface area contributed by atoms with Crippen LogP contribution in [0.15, 0.2) is 42.5 Å². The third-order valence-corrected chi connectivity index (χ3v) is 3.84. The highest BCUT2D eigenvalue weighted by molar-refractivity contribution is 6.33. The Bertz CT molecular complexity index is 744. The number of hydrogen-bond acceptors (Lipinski definition) is 2. The molecule has 2 amide bonds. The first-order valence-corrected chi connectivity index (χ1v) is 7.91. The van der Waals surface area contributed by atoms with Crippen LogP contribution < -0.4 is 10.2 Å². The molecule has 0 radical (unpaired) electrons. The lowest BCUT2D eigenvalue weighted by molar-refractivity contribution is -0.117. The fourth-order valence-electron chi connectivity index (χ4n) is 2.35. The number of carbonyl (C=O) groups excluding carboxylic acids is 2. The van der Waals surface area contributed by atoms with Crippen molar-refractivity contribution in [2.24, 2.45) is 0 Å². The number of likely N-dealkylation sites (N-methyl/N-ethyl adjacent to an activating group) is 1. The van der Waals surface area contributed by atoms with Crippen molar-refractivity contribution >= 4 is 29.1 Å². The topological polar surface area (TPSA) is 49.4 Å². The maximum atomic E-state index is 13.7. The van der Waals surface area contributed by atoms with Gasteiger partial charge < -0.3 is 10.2 Å². The molecule has 0 unspecified atom stereocenters. The Morgan fingerprint density at radius 2 is 1.92 bits per heavy atom. The number of carbonyl (C=O) groups is 2. The molecule has 0 saturated heterocycles. The van der Waals surface area contributed by atoms with E-state index < -0.39 is 11.7 Å². The van der Waals surface area contributed by atoms with Gasteiger partial charge in [-0.25, -0.2) is 4.39 Å². The average Bonchev–Trinajstić information content (AvgIpc) is 2.53. The first-order valence-electron chi connectivity index (χ1n) is 7.53. The van der Waals surface area contributed by atoms with Crippen molar-refractivity contribution in [2.75, 3.05) is 18.0 Å². The molecule has 2 aromatic rings. The second-order valence-electron chi connectivity index (χ2n) is 5.26. The van der Waals surface area contributed by atoms with E-state index in [4.69, 9.17) is 11.6 Å². The Hall–Kier alpha value is -2.40. The average molecular weight is 349 g/mol. The predicted molar refractivity (Wildman–Crippen MR) is 92.9 cm³/mol. The molecule has 0 heterocycles. The number of nitrogens with zero attached hydrogens (tertiary/aromatic N) is 1. The number of amides is 2. The summed E-state index contributed by atoms with van der Waals surface area (Å²) in [6.45, 7) is 3.99. The number of rotatable bonds is 5. The fraction of sp³-hybridized carbons (Fsp3) is 0.222. The van der Waals surface area contributed by atoms with Crippen molar-refractivity contribution < 1.29 is 14.0 Å². The summed E-state index contributed by atoms with van der Waals surface area (Å²) >= 11 is 5.85. The van der Waals surface area contributed by atoms with Gasteiger partial charge in [-0.15, -0.1) is 0 Å². The van der Waals surface area contributed by atoms with Gasteiger partial charge in [-0.05, 0) is 43.7 Å². The van der Waals surface area contributed by atoms with E-state index in [1.807, 2.05) is 38.1 Å². The molecule has 24 heavy (non-hydrogen) atoms. The van der Waals surface area contributed by atoms with E-state index in [9.17, 15) is 14.0 Å². The summed E-state index contributed by atoms with van der Waals surface area (Å²) in [5, 5.41) is 2.43. The van der Waals surface area contributed by atoms with Crippen LogP contribution in [0.1, 0.15) is 22.8 Å². The third kappa shape index (κ3) is 4.11. The standard InChI is InChI=1S/C18H18ClFN2O2/c1-3-22(13-7-4-6-12(2)10-13)16(23)11-21-18(24)17-14(19)8-5-9-15(17)20/h4-10H,3,11H2,1-2H3,(H,21,24). The van der Waals surface area contributed by atoms with Crippen LogP contribution in [-0.4, -0.2) is 24.9 Å². The van der Waals surface area contributed by atoms with E-state index in [2.05, 4.69) is 5.32 Å². The summed E-state index contributed by atoms with van der Waals surface area (Å²) in [4.78, 5) is 26.0. The van der Waals surface area contributed by atoms with Crippen LogP contribution >= 0.6 is 11.6 Å². The lowest BCUT2D eigenvalue weighted by atomic mass is 10.2. The van der Waals surface area contributed by atoms with E-state index in [-0.39, 0.29) is 23.0 Å². The van der Waals surface area contributed by atoms with E-state index in [1.54, 1.807) is 4.90 Å². The SMILES string of the molecule is CCN(C(=O)CNC(=O)c1c(F)cccc1Cl)c1cccc(C)c1. The van der Waals surface area contributed by atoms with E-state index >= 15 is 0 Å². The number of aryl methyl sites for hydroxylation is 1. The van der Waals surface area contributed by atoms with Crippen LogP contribution in [0.25, 0.3) is 0 Å². The highest BCUT2D eigenvalue weighted by Crippen LogP contribution is 2.19. The van der Waals surface area contributed by atoms with Gasteiger partial charge in [0, 0.05) is 12.2 Å². The van der Waals surface area contributed by atoms with Crippen molar-refractivity contribution in [3.63, 3.8) is 0 Å². The largest absolute Gasteiger partial charge is 0.343 e. The number of anilines is 1. The predicted octanol–water partition coefficient (Wildman–Crippen LogP) is 3.57. The summed E-state index contributed by atoms with van der Waals surface area (Å²) in [6, 6.07) is 11.5. The molecule has 0 fully saturated rings. The summed E-state index contributed by atoms with van der Waals surface area (Å²) in [5.74, 6) is -1.73. The third-order valence-electron chi connectivity index (χ3n) is 3.52. The molecule has 0 saturated carbocycles. The quantitative estimate of drug-likeness (QED) is 0.898. The number of hydrogen-bond donors (Lipinski definition) is 1. The van der Waals surface area contributed by atoms with Crippen molar-refractivity contribution in [2.45, 2.75) is 13.8 Å². The van der Waals surface area contributed by atoms with Crippen LogP contribution in [0.4, 0.5) is 10.1 Å². The zero-order chi connectivity index (χ0) is 17.7. The summed E-state index contributed by atoms with van der Waals surface area (Å²) in [6.07, 6.45) is 0. The van der Waals surface area contributed by atoms with Crippen molar-refractivity contribution in [1.82, 2.24) is 5.32 Å². The lowest BCUT2D eigenvalue weighted by Crippen LogP contribution is -2.40. The molecule has 0 atom stereocenters. The minimum Gasteiger partial charge on any atom is -0.343 e. The van der Waals surface area contributed by atoms with Crippen molar-refractivity contribution in [1.29, 1.82) is 0 Å². The molecule has 0 aliphatic carbocycles. The summed E-state index contributed by atoms with van der Waals surface area (Å²) < 4.78 is 13.7. The van der Waals surface area contributed by atoms with Gasteiger partial charge in [0.15, 0.2) is 0 Å². The second-order valence-corrected chi connectivity index (χ2v) is 5.66. The molecule has 0 aromatic heterocycles. The van der Waals surface area contributed by atoms with Crippen LogP contribution in [-0.2, 0) is 4.79 Å². The minimum absolute atomic E-state index is 0.00554. The van der Waals surface area contributed by atoms with Gasteiger partial charge in [0.2, 0.25) is 5.91 Å². The molecule has 1 N–H and O–H groups in total. The molecule has 6 heteroatoms. The van der Waals surface area contributed by atoms with Gasteiger partial charge in [0.25, 0.3) is 5.91 Å². The smallest absolute Gasteiger partial charge is 0.256 e. The molecule has 0 bridgehead atoms. The molecule has 0 spiro atoms. The highest BCUT2D eigenvalue weighted by atomic mass is 35.5. The molecule has 4 nitrogen and oxygen atoms in total. The summed E-state index contributed by atoms with van der Waals surface area (Å²) in [5.41, 5.74) is 1.52. The Kier molecular flexibility index (Phi) is 5.93. The minimum atomic E-state index is -0.724.